The highest BCUT2D eigenvalue weighted by Crippen LogP contribution is 2.18. The van der Waals surface area contributed by atoms with E-state index in [0.717, 1.165) is 83.5 Å². The fraction of sp³-hybridized carbons (Fsp3) is 0.841. The minimum Gasteiger partial charge on any atom is -0.462 e. The Balaban J connectivity index is 4.17. The second kappa shape index (κ2) is 63.9. The highest BCUT2D eigenvalue weighted by Gasteiger charge is 2.19. The molecule has 0 amide bonds. The van der Waals surface area contributed by atoms with Crippen molar-refractivity contribution in [3.63, 3.8) is 0 Å². The fourth-order valence-corrected chi connectivity index (χ4v) is 9.87. The fourth-order valence-electron chi connectivity index (χ4n) is 9.87. The van der Waals surface area contributed by atoms with Crippen molar-refractivity contribution in [2.24, 2.45) is 0 Å². The Kier molecular flexibility index (Phi) is 61.7. The van der Waals surface area contributed by atoms with Crippen LogP contribution in [0.3, 0.4) is 0 Å². The van der Waals surface area contributed by atoms with E-state index in [1.165, 1.54) is 231 Å². The zero-order chi connectivity index (χ0) is 54.3. The number of ether oxygens (including phenoxy) is 3. The SMILES string of the molecule is CC/C=C\C/C=C\C/C=C\CCCCCC(=O)OCC(COC(=O)CCCCCCCCCCCCCCCCCCC/C=C\CCCCCCCCCC)OC(=O)CCCCCCCCCCCCCCCCC. The Morgan fingerprint density at radius 3 is 0.840 bits per heavy atom. The summed E-state index contributed by atoms with van der Waals surface area (Å²) in [5.41, 5.74) is 0. The van der Waals surface area contributed by atoms with Gasteiger partial charge in [0.1, 0.15) is 13.2 Å². The number of rotatable bonds is 61. The van der Waals surface area contributed by atoms with Gasteiger partial charge in [0.25, 0.3) is 0 Å². The van der Waals surface area contributed by atoms with Crippen LogP contribution in [0.5, 0.6) is 0 Å². The first-order chi connectivity index (χ1) is 37.0. The topological polar surface area (TPSA) is 78.9 Å². The lowest BCUT2D eigenvalue weighted by Crippen LogP contribution is -2.30. The molecule has 0 fully saturated rings. The zero-order valence-corrected chi connectivity index (χ0v) is 50.3. The summed E-state index contributed by atoms with van der Waals surface area (Å²) in [5.74, 6) is -0.887. The normalized spacial score (nSPS) is 12.3. The van der Waals surface area contributed by atoms with Crippen LogP contribution < -0.4 is 0 Å². The lowest BCUT2D eigenvalue weighted by atomic mass is 10.0. The second-order valence-electron chi connectivity index (χ2n) is 22.4. The third kappa shape index (κ3) is 62.1. The summed E-state index contributed by atoms with van der Waals surface area (Å²) >= 11 is 0. The average Bonchev–Trinajstić information content (AvgIpc) is 3.41. The van der Waals surface area contributed by atoms with Crippen molar-refractivity contribution in [2.45, 2.75) is 361 Å². The molecule has 0 aromatic rings. The molecule has 0 aliphatic heterocycles. The molecule has 0 bridgehead atoms. The van der Waals surface area contributed by atoms with Crippen LogP contribution in [0.15, 0.2) is 48.6 Å². The molecule has 0 aromatic heterocycles. The summed E-state index contributed by atoms with van der Waals surface area (Å²) in [6, 6.07) is 0. The van der Waals surface area contributed by atoms with Crippen LogP contribution in [0.2, 0.25) is 0 Å². The molecule has 75 heavy (non-hydrogen) atoms. The van der Waals surface area contributed by atoms with Crippen LogP contribution in [0.4, 0.5) is 0 Å². The summed E-state index contributed by atoms with van der Waals surface area (Å²) in [6.45, 7) is 6.55. The molecular weight excluding hydrogens is 925 g/mol. The van der Waals surface area contributed by atoms with E-state index in [-0.39, 0.29) is 31.1 Å². The summed E-state index contributed by atoms with van der Waals surface area (Å²) in [7, 11) is 0. The molecule has 0 spiro atoms. The molecular formula is C69H126O6. The van der Waals surface area contributed by atoms with E-state index in [1.54, 1.807) is 0 Å². The van der Waals surface area contributed by atoms with Crippen LogP contribution in [0.1, 0.15) is 355 Å². The lowest BCUT2D eigenvalue weighted by Gasteiger charge is -2.18. The monoisotopic (exact) mass is 1050 g/mol. The van der Waals surface area contributed by atoms with Crippen LogP contribution >= 0.6 is 0 Å². The number of unbranched alkanes of at least 4 members (excludes halogenated alkanes) is 42. The van der Waals surface area contributed by atoms with E-state index in [4.69, 9.17) is 14.2 Å². The van der Waals surface area contributed by atoms with Crippen molar-refractivity contribution in [3.8, 4) is 0 Å². The number of hydrogen-bond acceptors (Lipinski definition) is 6. The molecule has 0 rings (SSSR count). The Hall–Kier alpha value is -2.63. The van der Waals surface area contributed by atoms with Crippen molar-refractivity contribution >= 4 is 17.9 Å². The molecule has 0 aromatic carbocycles. The molecule has 0 N–H and O–H groups in total. The van der Waals surface area contributed by atoms with Gasteiger partial charge in [0.05, 0.1) is 0 Å². The second-order valence-corrected chi connectivity index (χ2v) is 22.4. The molecule has 0 heterocycles. The first kappa shape index (κ1) is 72.4. The molecule has 1 unspecified atom stereocenters. The molecule has 0 saturated heterocycles. The maximum atomic E-state index is 12.9. The van der Waals surface area contributed by atoms with Crippen molar-refractivity contribution in [1.82, 2.24) is 0 Å². The third-order valence-corrected chi connectivity index (χ3v) is 14.8. The van der Waals surface area contributed by atoms with Gasteiger partial charge >= 0.3 is 17.9 Å². The molecule has 438 valence electrons. The molecule has 6 heteroatoms. The largest absolute Gasteiger partial charge is 0.462 e. The van der Waals surface area contributed by atoms with Crippen molar-refractivity contribution < 1.29 is 28.6 Å². The van der Waals surface area contributed by atoms with Gasteiger partial charge in [-0.2, -0.15) is 0 Å². The number of carbonyl (C=O) groups excluding carboxylic acids is 3. The predicted octanol–water partition coefficient (Wildman–Crippen LogP) is 22.6. The smallest absolute Gasteiger partial charge is 0.306 e. The van der Waals surface area contributed by atoms with Gasteiger partial charge in [-0.15, -0.1) is 0 Å². The maximum absolute atomic E-state index is 12.9. The molecule has 0 radical (unpaired) electrons. The number of esters is 3. The Bertz CT molecular complexity index is 1300. The summed E-state index contributed by atoms with van der Waals surface area (Å²) in [4.78, 5) is 38.2. The van der Waals surface area contributed by atoms with Crippen LogP contribution in [-0.4, -0.2) is 37.2 Å². The third-order valence-electron chi connectivity index (χ3n) is 14.8. The van der Waals surface area contributed by atoms with E-state index < -0.39 is 6.10 Å². The number of hydrogen-bond donors (Lipinski definition) is 0. The van der Waals surface area contributed by atoms with E-state index >= 15 is 0 Å². The Morgan fingerprint density at radius 2 is 0.520 bits per heavy atom. The minimum atomic E-state index is -0.782. The van der Waals surface area contributed by atoms with Gasteiger partial charge in [0.15, 0.2) is 6.10 Å². The quantitative estimate of drug-likeness (QED) is 0.0261. The highest BCUT2D eigenvalue weighted by molar-refractivity contribution is 5.71. The van der Waals surface area contributed by atoms with Crippen LogP contribution in [0.25, 0.3) is 0 Å². The van der Waals surface area contributed by atoms with Crippen LogP contribution in [-0.2, 0) is 28.6 Å². The van der Waals surface area contributed by atoms with Gasteiger partial charge in [0.2, 0.25) is 0 Å². The van der Waals surface area contributed by atoms with Gasteiger partial charge < -0.3 is 14.2 Å². The highest BCUT2D eigenvalue weighted by atomic mass is 16.6. The van der Waals surface area contributed by atoms with Crippen LogP contribution in [0, 0.1) is 0 Å². The summed E-state index contributed by atoms with van der Waals surface area (Å²) in [5, 5.41) is 0. The number of allylic oxidation sites excluding steroid dienone is 8. The van der Waals surface area contributed by atoms with Gasteiger partial charge in [-0.25, -0.2) is 0 Å². The molecule has 6 nitrogen and oxygen atoms in total. The van der Waals surface area contributed by atoms with Crippen molar-refractivity contribution in [3.05, 3.63) is 48.6 Å². The minimum absolute atomic E-state index is 0.0780. The molecule has 0 aliphatic rings. The van der Waals surface area contributed by atoms with E-state index in [0.29, 0.717) is 19.3 Å². The molecule has 0 saturated carbocycles. The van der Waals surface area contributed by atoms with Gasteiger partial charge in [-0.1, -0.05) is 307 Å². The van der Waals surface area contributed by atoms with Crippen molar-refractivity contribution in [1.29, 1.82) is 0 Å². The Morgan fingerprint density at radius 1 is 0.280 bits per heavy atom. The van der Waals surface area contributed by atoms with Gasteiger partial charge in [-0.05, 0) is 77.0 Å². The molecule has 0 aliphatic carbocycles. The maximum Gasteiger partial charge on any atom is 0.306 e. The first-order valence-electron chi connectivity index (χ1n) is 33.1. The number of carbonyl (C=O) groups is 3. The summed E-state index contributed by atoms with van der Waals surface area (Å²) < 4.78 is 16.9. The van der Waals surface area contributed by atoms with Gasteiger partial charge in [-0.3, -0.25) is 14.4 Å². The predicted molar refractivity (Wildman–Crippen MR) is 325 cm³/mol. The Labute approximate surface area is 467 Å². The molecule has 1 atom stereocenters. The lowest BCUT2D eigenvalue weighted by molar-refractivity contribution is -0.167. The zero-order valence-electron chi connectivity index (χ0n) is 50.3. The van der Waals surface area contributed by atoms with Crippen molar-refractivity contribution in [2.75, 3.05) is 13.2 Å². The first-order valence-corrected chi connectivity index (χ1v) is 33.1. The average molecular weight is 1050 g/mol. The van der Waals surface area contributed by atoms with Gasteiger partial charge in [0, 0.05) is 19.3 Å². The van der Waals surface area contributed by atoms with E-state index in [2.05, 4.69) is 69.4 Å². The summed E-state index contributed by atoms with van der Waals surface area (Å²) in [6.07, 6.45) is 80.0. The standard InChI is InChI=1S/C69H126O6/c1-4-7-10-13-16-19-22-25-27-28-29-30-31-32-33-34-35-36-37-38-39-40-42-44-47-50-53-56-59-62-68(71)74-65-66(64-73-67(70)61-58-55-52-49-46-43-24-21-18-15-12-9-6-3)75-69(72)63-60-57-54-51-48-45-41-26-23-20-17-14-11-8-5-2/h9,12,18,21,28-29,43,46,66H,4-8,10-11,13-17,19-20,22-27,30-42,44-45,47-65H2,1-3H3/b12-9-,21-18-,29-28-,46-43-. The van der Waals surface area contributed by atoms with E-state index in [1.807, 2.05) is 0 Å². The van der Waals surface area contributed by atoms with E-state index in [9.17, 15) is 14.4 Å².